The summed E-state index contributed by atoms with van der Waals surface area (Å²) >= 11 is 9.67. The molecule has 1 nitrogen and oxygen atoms in total. The van der Waals surface area contributed by atoms with Crippen LogP contribution in [0.15, 0.2) is 18.2 Å². The fourth-order valence-electron chi connectivity index (χ4n) is 1.67. The molecule has 96 valence electrons. The van der Waals surface area contributed by atoms with Crippen LogP contribution < -0.4 is 4.90 Å². The van der Waals surface area contributed by atoms with Crippen molar-refractivity contribution >= 4 is 33.2 Å². The normalized spacial score (nSPS) is 13.6. The Morgan fingerprint density at radius 2 is 1.94 bits per heavy atom. The van der Waals surface area contributed by atoms with Gasteiger partial charge in [0.15, 0.2) is 0 Å². The van der Waals surface area contributed by atoms with Crippen LogP contribution in [0.3, 0.4) is 0 Å². The average Bonchev–Trinajstić information content (AvgIpc) is 2.25. The van der Waals surface area contributed by atoms with Gasteiger partial charge in [0.2, 0.25) is 0 Å². The van der Waals surface area contributed by atoms with Crippen molar-refractivity contribution in [1.82, 2.24) is 0 Å². The first-order valence-corrected chi connectivity index (χ1v) is 7.34. The van der Waals surface area contributed by atoms with Gasteiger partial charge in [-0.1, -0.05) is 54.4 Å². The summed E-state index contributed by atoms with van der Waals surface area (Å²) < 4.78 is 0. The zero-order valence-electron chi connectivity index (χ0n) is 11.2. The van der Waals surface area contributed by atoms with Crippen LogP contribution in [0.4, 0.5) is 5.69 Å². The van der Waals surface area contributed by atoms with Crippen LogP contribution in [0.2, 0.25) is 5.02 Å². The summed E-state index contributed by atoms with van der Waals surface area (Å²) in [5, 5.41) is 1.62. The Balaban J connectivity index is 2.97. The van der Waals surface area contributed by atoms with Crippen molar-refractivity contribution in [2.45, 2.75) is 39.1 Å². The molecule has 0 N–H and O–H groups in total. The average molecular weight is 319 g/mol. The van der Waals surface area contributed by atoms with Gasteiger partial charge < -0.3 is 4.90 Å². The molecule has 0 amide bonds. The highest BCUT2D eigenvalue weighted by Gasteiger charge is 2.24. The van der Waals surface area contributed by atoms with E-state index in [0.717, 1.165) is 15.9 Å². The summed E-state index contributed by atoms with van der Waals surface area (Å²) in [4.78, 5) is 2.28. The lowest BCUT2D eigenvalue weighted by atomic mass is 9.87. The van der Waals surface area contributed by atoms with Gasteiger partial charge in [0, 0.05) is 29.1 Å². The number of anilines is 1. The van der Waals surface area contributed by atoms with E-state index in [1.165, 1.54) is 5.69 Å². The van der Waals surface area contributed by atoms with E-state index in [9.17, 15) is 0 Å². The van der Waals surface area contributed by atoms with E-state index in [-0.39, 0.29) is 5.41 Å². The topological polar surface area (TPSA) is 3.24 Å². The number of halogens is 2. The third-order valence-electron chi connectivity index (χ3n) is 3.42. The van der Waals surface area contributed by atoms with Crippen LogP contribution >= 0.6 is 27.5 Å². The number of hydrogen-bond acceptors (Lipinski definition) is 1. The summed E-state index contributed by atoms with van der Waals surface area (Å²) in [6.45, 7) is 9.00. The Hall–Kier alpha value is -0.210. The molecule has 0 radical (unpaired) electrons. The molecule has 1 aromatic carbocycles. The van der Waals surface area contributed by atoms with Gasteiger partial charge in [0.1, 0.15) is 0 Å². The molecule has 0 spiro atoms. The third kappa shape index (κ3) is 3.62. The van der Waals surface area contributed by atoms with Crippen LogP contribution in [0.1, 0.15) is 33.3 Å². The SMILES string of the molecule is CC(N(C)c1ccc(CBr)c(Cl)c1)C(C)(C)C. The molecule has 1 rings (SSSR count). The van der Waals surface area contributed by atoms with E-state index in [1.54, 1.807) is 0 Å². The summed E-state index contributed by atoms with van der Waals surface area (Å²) in [6.07, 6.45) is 0. The quantitative estimate of drug-likeness (QED) is 0.700. The van der Waals surface area contributed by atoms with E-state index < -0.39 is 0 Å². The summed E-state index contributed by atoms with van der Waals surface area (Å²) in [7, 11) is 2.12. The zero-order valence-corrected chi connectivity index (χ0v) is 13.6. The first-order valence-electron chi connectivity index (χ1n) is 5.84. The van der Waals surface area contributed by atoms with Crippen molar-refractivity contribution in [1.29, 1.82) is 0 Å². The molecule has 0 saturated carbocycles. The molecule has 0 heterocycles. The largest absolute Gasteiger partial charge is 0.371 e. The monoisotopic (exact) mass is 317 g/mol. The molecule has 0 aromatic heterocycles. The van der Waals surface area contributed by atoms with Crippen molar-refractivity contribution in [2.24, 2.45) is 5.41 Å². The lowest BCUT2D eigenvalue weighted by Gasteiger charge is -2.37. The Morgan fingerprint density at radius 3 is 2.35 bits per heavy atom. The Morgan fingerprint density at radius 1 is 1.35 bits per heavy atom. The Bertz CT molecular complexity index is 384. The second kappa shape index (κ2) is 5.62. The predicted molar refractivity (Wildman–Crippen MR) is 81.4 cm³/mol. The summed E-state index contributed by atoms with van der Waals surface area (Å²) in [5.74, 6) is 0. The van der Waals surface area contributed by atoms with E-state index in [4.69, 9.17) is 11.6 Å². The summed E-state index contributed by atoms with van der Waals surface area (Å²) in [5.41, 5.74) is 2.55. The number of alkyl halides is 1. The van der Waals surface area contributed by atoms with Gasteiger partial charge in [0.25, 0.3) is 0 Å². The van der Waals surface area contributed by atoms with Crippen molar-refractivity contribution in [2.75, 3.05) is 11.9 Å². The maximum atomic E-state index is 6.24. The highest BCUT2D eigenvalue weighted by Crippen LogP contribution is 2.30. The molecule has 3 heteroatoms. The van der Waals surface area contributed by atoms with E-state index in [2.05, 4.69) is 67.7 Å². The maximum Gasteiger partial charge on any atom is 0.0467 e. The second-order valence-corrected chi connectivity index (χ2v) is 6.53. The van der Waals surface area contributed by atoms with Crippen molar-refractivity contribution in [3.63, 3.8) is 0 Å². The molecular formula is C14H21BrClN. The zero-order chi connectivity index (χ0) is 13.2. The van der Waals surface area contributed by atoms with Gasteiger partial charge in [-0.05, 0) is 30.0 Å². The minimum atomic E-state index is 0.245. The molecular weight excluding hydrogens is 298 g/mol. The number of hydrogen-bond donors (Lipinski definition) is 0. The molecule has 0 saturated heterocycles. The van der Waals surface area contributed by atoms with Gasteiger partial charge in [-0.15, -0.1) is 0 Å². The maximum absolute atomic E-state index is 6.24. The fraction of sp³-hybridized carbons (Fsp3) is 0.571. The molecule has 0 bridgehead atoms. The molecule has 1 atom stereocenters. The molecule has 0 aliphatic carbocycles. The lowest BCUT2D eigenvalue weighted by molar-refractivity contribution is 0.330. The standard InChI is InChI=1S/C14H21BrClN/c1-10(14(2,3)4)17(5)12-7-6-11(9-15)13(16)8-12/h6-8,10H,9H2,1-5H3. The molecule has 1 aromatic rings. The third-order valence-corrected chi connectivity index (χ3v) is 4.38. The number of benzene rings is 1. The molecule has 0 aliphatic rings. The number of nitrogens with zero attached hydrogens (tertiary/aromatic N) is 1. The minimum absolute atomic E-state index is 0.245. The van der Waals surface area contributed by atoms with Gasteiger partial charge in [-0.2, -0.15) is 0 Å². The van der Waals surface area contributed by atoms with Crippen LogP contribution in [0.25, 0.3) is 0 Å². The smallest absolute Gasteiger partial charge is 0.0467 e. The molecule has 1 unspecified atom stereocenters. The van der Waals surface area contributed by atoms with Crippen LogP contribution in [0.5, 0.6) is 0 Å². The molecule has 0 aliphatic heterocycles. The first kappa shape index (κ1) is 14.8. The minimum Gasteiger partial charge on any atom is -0.371 e. The van der Waals surface area contributed by atoms with E-state index >= 15 is 0 Å². The fourth-order valence-corrected chi connectivity index (χ4v) is 2.56. The summed E-state index contributed by atoms with van der Waals surface area (Å²) in [6, 6.07) is 6.71. The van der Waals surface area contributed by atoms with Crippen molar-refractivity contribution < 1.29 is 0 Å². The number of rotatable bonds is 3. The van der Waals surface area contributed by atoms with Crippen molar-refractivity contribution in [3.05, 3.63) is 28.8 Å². The second-order valence-electron chi connectivity index (χ2n) is 5.56. The van der Waals surface area contributed by atoms with Gasteiger partial charge >= 0.3 is 0 Å². The molecule has 0 fully saturated rings. The highest BCUT2D eigenvalue weighted by atomic mass is 79.9. The predicted octanol–water partition coefficient (Wildman–Crippen LogP) is 5.11. The van der Waals surface area contributed by atoms with Crippen molar-refractivity contribution in [3.8, 4) is 0 Å². The van der Waals surface area contributed by atoms with Crippen LogP contribution in [0, 0.1) is 5.41 Å². The van der Waals surface area contributed by atoms with E-state index in [1.807, 2.05) is 6.07 Å². The first-order chi connectivity index (χ1) is 7.77. The highest BCUT2D eigenvalue weighted by molar-refractivity contribution is 9.08. The Kier molecular flexibility index (Phi) is 4.91. The van der Waals surface area contributed by atoms with Gasteiger partial charge in [-0.25, -0.2) is 0 Å². The van der Waals surface area contributed by atoms with Gasteiger partial charge in [0.05, 0.1) is 0 Å². The molecule has 17 heavy (non-hydrogen) atoms. The van der Waals surface area contributed by atoms with Gasteiger partial charge in [-0.3, -0.25) is 0 Å². The van der Waals surface area contributed by atoms with Crippen LogP contribution in [-0.4, -0.2) is 13.1 Å². The van der Waals surface area contributed by atoms with E-state index in [0.29, 0.717) is 6.04 Å². The lowest BCUT2D eigenvalue weighted by Crippen LogP contribution is -2.39. The Labute approximate surface area is 118 Å². The van der Waals surface area contributed by atoms with Crippen LogP contribution in [-0.2, 0) is 5.33 Å².